The lowest BCUT2D eigenvalue weighted by molar-refractivity contribution is 0.0910. The summed E-state index contributed by atoms with van der Waals surface area (Å²) in [5.74, 6) is 0.487. The fourth-order valence-electron chi connectivity index (χ4n) is 2.85. The molecule has 1 N–H and O–H groups in total. The molecule has 7 nitrogen and oxygen atoms in total. The van der Waals surface area contributed by atoms with Gasteiger partial charge in [-0.15, -0.1) is 0 Å². The van der Waals surface area contributed by atoms with Crippen LogP contribution in [-0.4, -0.2) is 32.4 Å². The van der Waals surface area contributed by atoms with Crippen molar-refractivity contribution in [2.24, 2.45) is 0 Å². The van der Waals surface area contributed by atoms with Crippen molar-refractivity contribution in [3.05, 3.63) is 30.2 Å². The van der Waals surface area contributed by atoms with Crippen LogP contribution in [0.1, 0.15) is 67.2 Å². The molecule has 2 aromatic rings. The molecule has 1 amide bonds. The highest BCUT2D eigenvalue weighted by Crippen LogP contribution is 2.32. The monoisotopic (exact) mass is 303 g/mol. The fourth-order valence-corrected chi connectivity index (χ4v) is 2.85. The Hall–Kier alpha value is -2.18. The van der Waals surface area contributed by atoms with E-state index in [1.165, 1.54) is 25.6 Å². The number of rotatable bonds is 5. The molecule has 1 fully saturated rings. The summed E-state index contributed by atoms with van der Waals surface area (Å²) in [4.78, 5) is 16.0. The van der Waals surface area contributed by atoms with Gasteiger partial charge in [0, 0.05) is 18.5 Å². The van der Waals surface area contributed by atoms with E-state index in [-0.39, 0.29) is 17.7 Å². The molecule has 0 saturated heterocycles. The van der Waals surface area contributed by atoms with Crippen LogP contribution in [0, 0.1) is 0 Å². The molecule has 1 atom stereocenters. The first-order valence-corrected chi connectivity index (χ1v) is 7.83. The molecule has 1 aliphatic rings. The van der Waals surface area contributed by atoms with Gasteiger partial charge in [-0.25, -0.2) is 9.67 Å². The molecule has 0 unspecified atom stereocenters. The van der Waals surface area contributed by atoms with Crippen molar-refractivity contribution >= 4 is 5.91 Å². The fraction of sp³-hybridized carbons (Fsp3) is 0.600. The summed E-state index contributed by atoms with van der Waals surface area (Å²) in [7, 11) is 0. The van der Waals surface area contributed by atoms with E-state index in [4.69, 9.17) is 4.52 Å². The van der Waals surface area contributed by atoms with Crippen molar-refractivity contribution in [3.63, 3.8) is 0 Å². The normalized spacial score (nSPS) is 17.3. The Morgan fingerprint density at radius 3 is 3.00 bits per heavy atom. The van der Waals surface area contributed by atoms with Gasteiger partial charge in [0.05, 0.1) is 11.7 Å². The van der Waals surface area contributed by atoms with Gasteiger partial charge in [-0.05, 0) is 19.8 Å². The second kappa shape index (κ2) is 6.72. The number of carbonyl (C=O) groups is 1. The first kappa shape index (κ1) is 14.7. The summed E-state index contributed by atoms with van der Waals surface area (Å²) in [6.07, 6.45) is 9.14. The molecule has 7 heteroatoms. The quantitative estimate of drug-likeness (QED) is 0.916. The third-order valence-electron chi connectivity index (χ3n) is 4.22. The van der Waals surface area contributed by atoms with Crippen LogP contribution in [0.3, 0.4) is 0 Å². The average molecular weight is 303 g/mol. The van der Waals surface area contributed by atoms with E-state index in [0.29, 0.717) is 12.5 Å². The summed E-state index contributed by atoms with van der Waals surface area (Å²) in [6.45, 7) is 2.42. The van der Waals surface area contributed by atoms with Crippen LogP contribution in [0.15, 0.2) is 23.2 Å². The van der Waals surface area contributed by atoms with Crippen LogP contribution in [0.25, 0.3) is 0 Å². The molecule has 118 valence electrons. The van der Waals surface area contributed by atoms with Crippen LogP contribution in [-0.2, 0) is 0 Å². The standard InChI is InChI=1S/C15H21N5O2/c1-11(20-10-16-9-18-20)8-17-15(21)14-7-13(19-22-14)12-5-3-2-4-6-12/h7,9-12H,2-6,8H2,1H3,(H,17,21)/t11-/m0/s1. The van der Waals surface area contributed by atoms with E-state index in [0.717, 1.165) is 18.5 Å². The topological polar surface area (TPSA) is 85.8 Å². The molecule has 0 spiro atoms. The summed E-state index contributed by atoms with van der Waals surface area (Å²) >= 11 is 0. The predicted molar refractivity (Wildman–Crippen MR) is 79.4 cm³/mol. The Labute approximate surface area is 129 Å². The first-order chi connectivity index (χ1) is 10.7. The van der Waals surface area contributed by atoms with Crippen LogP contribution in [0.4, 0.5) is 0 Å². The van der Waals surface area contributed by atoms with Gasteiger partial charge in [0.2, 0.25) is 5.76 Å². The van der Waals surface area contributed by atoms with Gasteiger partial charge in [0.25, 0.3) is 5.91 Å². The lowest BCUT2D eigenvalue weighted by Gasteiger charge is -2.18. The number of nitrogens with one attached hydrogen (secondary N) is 1. The minimum atomic E-state index is -0.235. The molecule has 1 saturated carbocycles. The third-order valence-corrected chi connectivity index (χ3v) is 4.22. The highest BCUT2D eigenvalue weighted by molar-refractivity contribution is 5.91. The third kappa shape index (κ3) is 3.35. The Morgan fingerprint density at radius 2 is 2.27 bits per heavy atom. The minimum absolute atomic E-state index is 0.0344. The van der Waals surface area contributed by atoms with Crippen molar-refractivity contribution in [1.82, 2.24) is 25.2 Å². The largest absolute Gasteiger partial charge is 0.351 e. The van der Waals surface area contributed by atoms with Gasteiger partial charge >= 0.3 is 0 Å². The molecule has 22 heavy (non-hydrogen) atoms. The molecule has 0 radical (unpaired) electrons. The van der Waals surface area contributed by atoms with Gasteiger partial charge in [0.1, 0.15) is 12.7 Å². The van der Waals surface area contributed by atoms with Gasteiger partial charge in [0.15, 0.2) is 0 Å². The number of carbonyl (C=O) groups excluding carboxylic acids is 1. The maximum absolute atomic E-state index is 12.1. The van der Waals surface area contributed by atoms with Crippen LogP contribution in [0.2, 0.25) is 0 Å². The SMILES string of the molecule is C[C@@H](CNC(=O)c1cc(C2CCCCC2)no1)n1cncn1. The zero-order valence-corrected chi connectivity index (χ0v) is 12.7. The molecular weight excluding hydrogens is 282 g/mol. The van der Waals surface area contributed by atoms with E-state index in [1.807, 2.05) is 6.92 Å². The molecule has 3 rings (SSSR count). The summed E-state index contributed by atoms with van der Waals surface area (Å²) in [6, 6.07) is 1.82. The lowest BCUT2D eigenvalue weighted by Crippen LogP contribution is -2.29. The first-order valence-electron chi connectivity index (χ1n) is 7.83. The van der Waals surface area contributed by atoms with Crippen molar-refractivity contribution in [3.8, 4) is 0 Å². The van der Waals surface area contributed by atoms with Gasteiger partial charge in [-0.3, -0.25) is 4.79 Å². The minimum Gasteiger partial charge on any atom is -0.351 e. The number of hydrogen-bond donors (Lipinski definition) is 1. The zero-order valence-electron chi connectivity index (χ0n) is 12.7. The number of amides is 1. The van der Waals surface area contributed by atoms with Crippen molar-refractivity contribution in [2.45, 2.75) is 51.0 Å². The molecule has 0 aliphatic heterocycles. The van der Waals surface area contributed by atoms with E-state index in [1.54, 1.807) is 17.1 Å². The van der Waals surface area contributed by atoms with E-state index >= 15 is 0 Å². The van der Waals surface area contributed by atoms with E-state index < -0.39 is 0 Å². The maximum atomic E-state index is 12.1. The second-order valence-corrected chi connectivity index (χ2v) is 5.89. The van der Waals surface area contributed by atoms with Gasteiger partial charge in [-0.2, -0.15) is 5.10 Å². The Bertz CT molecular complexity index is 601. The van der Waals surface area contributed by atoms with Crippen molar-refractivity contribution < 1.29 is 9.32 Å². The number of aromatic nitrogens is 4. The van der Waals surface area contributed by atoms with Gasteiger partial charge < -0.3 is 9.84 Å². The molecule has 1 aliphatic carbocycles. The highest BCUT2D eigenvalue weighted by atomic mass is 16.5. The highest BCUT2D eigenvalue weighted by Gasteiger charge is 2.21. The molecule has 2 heterocycles. The van der Waals surface area contributed by atoms with Crippen LogP contribution in [0.5, 0.6) is 0 Å². The Kier molecular flexibility index (Phi) is 4.50. The van der Waals surface area contributed by atoms with E-state index in [9.17, 15) is 4.79 Å². The summed E-state index contributed by atoms with van der Waals surface area (Å²) in [5.41, 5.74) is 0.911. The van der Waals surface area contributed by atoms with Crippen molar-refractivity contribution in [2.75, 3.05) is 6.54 Å². The smallest absolute Gasteiger partial charge is 0.289 e. The van der Waals surface area contributed by atoms with Crippen LogP contribution < -0.4 is 5.32 Å². The van der Waals surface area contributed by atoms with Crippen LogP contribution >= 0.6 is 0 Å². The zero-order chi connectivity index (χ0) is 15.4. The lowest BCUT2D eigenvalue weighted by atomic mass is 9.87. The molecule has 0 bridgehead atoms. The Balaban J connectivity index is 1.55. The van der Waals surface area contributed by atoms with Crippen molar-refractivity contribution in [1.29, 1.82) is 0 Å². The number of nitrogens with zero attached hydrogens (tertiary/aromatic N) is 4. The average Bonchev–Trinajstić information content (AvgIpc) is 3.24. The Morgan fingerprint density at radius 1 is 1.45 bits per heavy atom. The number of hydrogen-bond acceptors (Lipinski definition) is 5. The molecule has 0 aromatic carbocycles. The molecule has 2 aromatic heterocycles. The summed E-state index contributed by atoms with van der Waals surface area (Å²) in [5, 5.41) is 11.0. The summed E-state index contributed by atoms with van der Waals surface area (Å²) < 4.78 is 6.91. The van der Waals surface area contributed by atoms with E-state index in [2.05, 4.69) is 20.6 Å². The van der Waals surface area contributed by atoms with Gasteiger partial charge in [-0.1, -0.05) is 24.4 Å². The molecular formula is C15H21N5O2. The second-order valence-electron chi connectivity index (χ2n) is 5.89. The maximum Gasteiger partial charge on any atom is 0.289 e. The predicted octanol–water partition coefficient (Wildman–Crippen LogP) is 2.30.